The van der Waals surface area contributed by atoms with Crippen LogP contribution >= 0.6 is 15.9 Å². The van der Waals surface area contributed by atoms with Crippen LogP contribution in [0.2, 0.25) is 0 Å². The molecule has 0 saturated heterocycles. The molecule has 3 nitrogen and oxygen atoms in total. The monoisotopic (exact) mass is 285 g/mol. The molecule has 0 unspecified atom stereocenters. The fourth-order valence-electron chi connectivity index (χ4n) is 1.57. The minimum absolute atomic E-state index is 0.932. The maximum Gasteiger partial charge on any atom is 0.140 e. The van der Waals surface area contributed by atoms with E-state index in [4.69, 9.17) is 0 Å². The molecule has 0 aromatic carbocycles. The second-order valence-electron chi connectivity index (χ2n) is 3.64. The number of hydrogen-bond acceptors (Lipinski definition) is 3. The van der Waals surface area contributed by atoms with E-state index >= 15 is 0 Å². The van der Waals surface area contributed by atoms with E-state index in [-0.39, 0.29) is 0 Å². The van der Waals surface area contributed by atoms with E-state index in [0.717, 1.165) is 42.9 Å². The summed E-state index contributed by atoms with van der Waals surface area (Å²) >= 11 is 3.47. The molecule has 1 N–H and O–H groups in total. The molecule has 16 heavy (non-hydrogen) atoms. The molecule has 0 amide bonds. The van der Waals surface area contributed by atoms with Crippen LogP contribution in [-0.2, 0) is 0 Å². The van der Waals surface area contributed by atoms with Gasteiger partial charge in [0.25, 0.3) is 0 Å². The number of pyridine rings is 1. The first-order valence-electron chi connectivity index (χ1n) is 5.84. The van der Waals surface area contributed by atoms with Crippen LogP contribution in [0.4, 0.5) is 5.82 Å². The zero-order chi connectivity index (χ0) is 11.8. The summed E-state index contributed by atoms with van der Waals surface area (Å²) in [5.74, 6) is 0.932. The lowest BCUT2D eigenvalue weighted by Crippen LogP contribution is -2.25. The van der Waals surface area contributed by atoms with Crippen molar-refractivity contribution in [2.75, 3.05) is 31.5 Å². The second kappa shape index (κ2) is 7.63. The van der Waals surface area contributed by atoms with Crippen molar-refractivity contribution in [2.24, 2.45) is 0 Å². The van der Waals surface area contributed by atoms with Crippen molar-refractivity contribution >= 4 is 21.7 Å². The van der Waals surface area contributed by atoms with Crippen molar-refractivity contribution in [1.82, 2.24) is 9.88 Å². The Labute approximate surface area is 106 Å². The Bertz CT molecular complexity index is 300. The van der Waals surface area contributed by atoms with Gasteiger partial charge in [0.05, 0.1) is 4.47 Å². The molecule has 1 aromatic rings. The van der Waals surface area contributed by atoms with Crippen molar-refractivity contribution in [3.63, 3.8) is 0 Å². The number of nitrogens with one attached hydrogen (secondary N) is 1. The van der Waals surface area contributed by atoms with E-state index in [2.05, 4.69) is 45.0 Å². The van der Waals surface area contributed by atoms with Crippen molar-refractivity contribution in [3.8, 4) is 0 Å². The van der Waals surface area contributed by atoms with Crippen LogP contribution in [0.15, 0.2) is 22.8 Å². The first-order valence-corrected chi connectivity index (χ1v) is 6.64. The van der Waals surface area contributed by atoms with E-state index in [1.807, 2.05) is 12.1 Å². The summed E-state index contributed by atoms with van der Waals surface area (Å²) in [6.07, 6.45) is 2.95. The third-order valence-electron chi connectivity index (χ3n) is 2.60. The van der Waals surface area contributed by atoms with Gasteiger partial charge >= 0.3 is 0 Å². The van der Waals surface area contributed by atoms with Crippen LogP contribution in [-0.4, -0.2) is 36.1 Å². The third kappa shape index (κ3) is 4.49. The topological polar surface area (TPSA) is 28.2 Å². The first kappa shape index (κ1) is 13.5. The summed E-state index contributed by atoms with van der Waals surface area (Å²) in [5, 5.41) is 3.33. The predicted octanol–water partition coefficient (Wildman–Crippen LogP) is 2.99. The number of nitrogens with zero attached hydrogens (tertiary/aromatic N) is 2. The molecule has 0 saturated carbocycles. The van der Waals surface area contributed by atoms with Crippen LogP contribution in [0.1, 0.15) is 20.3 Å². The molecular weight excluding hydrogens is 266 g/mol. The average Bonchev–Trinajstić information content (AvgIpc) is 2.31. The highest BCUT2D eigenvalue weighted by atomic mass is 79.9. The minimum atomic E-state index is 0.932. The Kier molecular flexibility index (Phi) is 6.42. The summed E-state index contributed by atoms with van der Waals surface area (Å²) in [6, 6.07) is 3.92. The molecule has 0 atom stereocenters. The first-order chi connectivity index (χ1) is 7.77. The third-order valence-corrected chi connectivity index (χ3v) is 3.24. The van der Waals surface area contributed by atoms with Crippen LogP contribution in [0.25, 0.3) is 0 Å². The molecule has 0 aliphatic rings. The van der Waals surface area contributed by atoms with Crippen LogP contribution < -0.4 is 5.32 Å². The molecule has 0 radical (unpaired) electrons. The van der Waals surface area contributed by atoms with E-state index in [9.17, 15) is 0 Å². The molecule has 0 aliphatic heterocycles. The Morgan fingerprint density at radius 1 is 1.38 bits per heavy atom. The quantitative estimate of drug-likeness (QED) is 0.781. The molecule has 4 heteroatoms. The molecule has 90 valence electrons. The summed E-state index contributed by atoms with van der Waals surface area (Å²) in [6.45, 7) is 8.77. The lowest BCUT2D eigenvalue weighted by Gasteiger charge is -2.17. The summed E-state index contributed by atoms with van der Waals surface area (Å²) in [4.78, 5) is 6.69. The summed E-state index contributed by atoms with van der Waals surface area (Å²) in [5.41, 5.74) is 0. The van der Waals surface area contributed by atoms with E-state index < -0.39 is 0 Å². The number of aromatic nitrogens is 1. The van der Waals surface area contributed by atoms with Crippen molar-refractivity contribution in [2.45, 2.75) is 20.3 Å². The highest BCUT2D eigenvalue weighted by Gasteiger charge is 2.00. The Balaban J connectivity index is 2.23. The van der Waals surface area contributed by atoms with Crippen molar-refractivity contribution < 1.29 is 0 Å². The van der Waals surface area contributed by atoms with Gasteiger partial charge in [-0.15, -0.1) is 0 Å². The van der Waals surface area contributed by atoms with Crippen molar-refractivity contribution in [1.29, 1.82) is 0 Å². The molecule has 0 spiro atoms. The maximum atomic E-state index is 4.26. The van der Waals surface area contributed by atoms with Crippen LogP contribution in [0.3, 0.4) is 0 Å². The fraction of sp³-hybridized carbons (Fsp3) is 0.583. The van der Waals surface area contributed by atoms with Gasteiger partial charge in [0.1, 0.15) is 5.82 Å². The Hall–Kier alpha value is -0.610. The van der Waals surface area contributed by atoms with E-state index in [1.165, 1.54) is 0 Å². The molecular formula is C12H20BrN3. The van der Waals surface area contributed by atoms with Gasteiger partial charge in [-0.1, -0.05) is 13.8 Å². The molecule has 1 heterocycles. The molecule has 0 fully saturated rings. The van der Waals surface area contributed by atoms with Crippen LogP contribution in [0, 0.1) is 0 Å². The summed E-state index contributed by atoms with van der Waals surface area (Å²) < 4.78 is 1.03. The largest absolute Gasteiger partial charge is 0.369 e. The van der Waals surface area contributed by atoms with Gasteiger partial charge in [-0.3, -0.25) is 0 Å². The van der Waals surface area contributed by atoms with Gasteiger partial charge in [0.15, 0.2) is 0 Å². The van der Waals surface area contributed by atoms with Gasteiger partial charge < -0.3 is 10.2 Å². The highest BCUT2D eigenvalue weighted by molar-refractivity contribution is 9.10. The number of hydrogen-bond donors (Lipinski definition) is 1. The van der Waals surface area contributed by atoms with Crippen LogP contribution in [0.5, 0.6) is 0 Å². The Morgan fingerprint density at radius 2 is 2.12 bits per heavy atom. The van der Waals surface area contributed by atoms with Gasteiger partial charge in [-0.25, -0.2) is 4.98 Å². The molecule has 0 bridgehead atoms. The van der Waals surface area contributed by atoms with E-state index in [0.29, 0.717) is 0 Å². The smallest absolute Gasteiger partial charge is 0.140 e. The minimum Gasteiger partial charge on any atom is -0.369 e. The lowest BCUT2D eigenvalue weighted by atomic mass is 10.3. The fourth-order valence-corrected chi connectivity index (χ4v) is 1.96. The Morgan fingerprint density at radius 3 is 2.75 bits per heavy atom. The van der Waals surface area contributed by atoms with Gasteiger partial charge in [0, 0.05) is 12.7 Å². The zero-order valence-corrected chi connectivity index (χ0v) is 11.6. The standard InChI is InChI=1S/C12H20BrN3/c1-3-16(4-2)10-6-9-15-12-11(13)7-5-8-14-12/h5,7-8H,3-4,6,9-10H2,1-2H3,(H,14,15). The second-order valence-corrected chi connectivity index (χ2v) is 4.50. The van der Waals surface area contributed by atoms with Crippen molar-refractivity contribution in [3.05, 3.63) is 22.8 Å². The lowest BCUT2D eigenvalue weighted by molar-refractivity contribution is 0.303. The van der Waals surface area contributed by atoms with E-state index in [1.54, 1.807) is 6.20 Å². The SMILES string of the molecule is CCN(CC)CCCNc1ncccc1Br. The zero-order valence-electron chi connectivity index (χ0n) is 10.0. The molecule has 1 rings (SSSR count). The maximum absolute atomic E-state index is 4.26. The van der Waals surface area contributed by atoms with Gasteiger partial charge in [-0.2, -0.15) is 0 Å². The molecule has 1 aromatic heterocycles. The highest BCUT2D eigenvalue weighted by Crippen LogP contribution is 2.17. The number of rotatable bonds is 7. The van der Waals surface area contributed by atoms with Gasteiger partial charge in [-0.05, 0) is 54.1 Å². The normalized spacial score (nSPS) is 10.8. The average molecular weight is 286 g/mol. The number of anilines is 1. The predicted molar refractivity (Wildman–Crippen MR) is 72.8 cm³/mol. The number of halogens is 1. The van der Waals surface area contributed by atoms with Gasteiger partial charge in [0.2, 0.25) is 0 Å². The molecule has 0 aliphatic carbocycles. The summed E-state index contributed by atoms with van der Waals surface area (Å²) in [7, 11) is 0.